The zero-order chi connectivity index (χ0) is 24.5. The van der Waals surface area contributed by atoms with E-state index >= 15 is 0 Å². The fourth-order valence-corrected chi connectivity index (χ4v) is 4.39. The maximum absolute atomic E-state index is 13.3. The van der Waals surface area contributed by atoms with Crippen LogP contribution in [0.1, 0.15) is 18.4 Å². The van der Waals surface area contributed by atoms with Crippen LogP contribution in [0.25, 0.3) is 33.7 Å². The van der Waals surface area contributed by atoms with Crippen LogP contribution in [0.5, 0.6) is 0 Å². The van der Waals surface area contributed by atoms with Gasteiger partial charge in [-0.1, -0.05) is 6.92 Å². The highest BCUT2D eigenvalue weighted by molar-refractivity contribution is 7.91. The molecule has 4 rings (SSSR count). The Hall–Kier alpha value is -3.23. The molecular formula is C18H14F6N6O2S. The average molecular weight is 492 g/mol. The van der Waals surface area contributed by atoms with Crippen molar-refractivity contribution in [1.82, 2.24) is 29.1 Å². The molecule has 176 valence electrons. The molecule has 0 saturated carbocycles. The molecule has 8 nitrogen and oxygen atoms in total. The monoisotopic (exact) mass is 492 g/mol. The third-order valence-electron chi connectivity index (χ3n) is 5.05. The van der Waals surface area contributed by atoms with E-state index in [1.807, 2.05) is 0 Å². The Kier molecular flexibility index (Phi) is 4.96. The molecule has 0 spiro atoms. The maximum Gasteiger partial charge on any atom is 0.449 e. The fourth-order valence-electron chi connectivity index (χ4n) is 3.36. The topological polar surface area (TPSA) is 95.6 Å². The smallest absolute Gasteiger partial charge is 0.324 e. The van der Waals surface area contributed by atoms with E-state index in [-0.39, 0.29) is 33.7 Å². The molecule has 0 radical (unpaired) electrons. The number of sulfone groups is 1. The number of aromatic nitrogens is 6. The summed E-state index contributed by atoms with van der Waals surface area (Å²) in [6, 6.07) is 1.65. The van der Waals surface area contributed by atoms with Crippen molar-refractivity contribution in [2.24, 2.45) is 14.1 Å². The summed E-state index contributed by atoms with van der Waals surface area (Å²) >= 11 is 0. The summed E-state index contributed by atoms with van der Waals surface area (Å²) in [5, 5.41) is 0. The van der Waals surface area contributed by atoms with Crippen LogP contribution in [0.2, 0.25) is 0 Å². The number of halogens is 6. The second kappa shape index (κ2) is 7.13. The van der Waals surface area contributed by atoms with Gasteiger partial charge in [-0.05, 0) is 12.1 Å². The molecule has 0 fully saturated rings. The summed E-state index contributed by atoms with van der Waals surface area (Å²) in [6.45, 7) is 1.33. The van der Waals surface area contributed by atoms with E-state index in [2.05, 4.69) is 19.9 Å². The predicted octanol–water partition coefficient (Wildman–Crippen LogP) is 3.75. The molecule has 0 amide bonds. The minimum atomic E-state index is -4.82. The summed E-state index contributed by atoms with van der Waals surface area (Å²) in [6.07, 6.45) is -8.63. The van der Waals surface area contributed by atoms with Crippen LogP contribution in [0.15, 0.2) is 23.2 Å². The first-order valence-electron chi connectivity index (χ1n) is 9.22. The highest BCUT2D eigenvalue weighted by Crippen LogP contribution is 2.35. The number of alkyl halides is 6. The van der Waals surface area contributed by atoms with Crippen molar-refractivity contribution in [3.8, 4) is 11.5 Å². The lowest BCUT2D eigenvalue weighted by Crippen LogP contribution is -2.13. The Morgan fingerprint density at radius 3 is 2.15 bits per heavy atom. The molecule has 0 atom stereocenters. The third-order valence-corrected chi connectivity index (χ3v) is 6.79. The van der Waals surface area contributed by atoms with Gasteiger partial charge in [0.05, 0.1) is 27.9 Å². The molecule has 0 aromatic carbocycles. The van der Waals surface area contributed by atoms with Crippen LogP contribution < -0.4 is 0 Å². The van der Waals surface area contributed by atoms with Gasteiger partial charge in [-0.3, -0.25) is 0 Å². The minimum absolute atomic E-state index is 0.140. The molecule has 0 unspecified atom stereocenters. The van der Waals surface area contributed by atoms with Crippen LogP contribution in [0.3, 0.4) is 0 Å². The highest BCUT2D eigenvalue weighted by atomic mass is 32.2. The van der Waals surface area contributed by atoms with Gasteiger partial charge in [0.1, 0.15) is 16.9 Å². The van der Waals surface area contributed by atoms with E-state index in [9.17, 15) is 34.8 Å². The Bertz CT molecular complexity index is 1520. The molecule has 0 aliphatic rings. The van der Waals surface area contributed by atoms with Gasteiger partial charge < -0.3 is 9.13 Å². The van der Waals surface area contributed by atoms with Crippen LogP contribution in [0, 0.1) is 0 Å². The number of hydrogen-bond acceptors (Lipinski definition) is 6. The first-order chi connectivity index (χ1) is 15.1. The minimum Gasteiger partial charge on any atom is -0.324 e. The summed E-state index contributed by atoms with van der Waals surface area (Å²) in [5.74, 6) is -1.85. The average Bonchev–Trinajstić information content (AvgIpc) is 3.23. The number of hydrogen-bond donors (Lipinski definition) is 0. The third kappa shape index (κ3) is 3.69. The zero-order valence-electron chi connectivity index (χ0n) is 17.1. The Balaban J connectivity index is 2.07. The van der Waals surface area contributed by atoms with Crippen LogP contribution in [-0.2, 0) is 36.3 Å². The van der Waals surface area contributed by atoms with Crippen molar-refractivity contribution < 1.29 is 34.8 Å². The van der Waals surface area contributed by atoms with Gasteiger partial charge in [0.2, 0.25) is 5.82 Å². The Morgan fingerprint density at radius 1 is 0.909 bits per heavy atom. The van der Waals surface area contributed by atoms with Gasteiger partial charge in [-0.25, -0.2) is 28.4 Å². The first kappa shape index (κ1) is 22.9. The van der Waals surface area contributed by atoms with Crippen molar-refractivity contribution in [1.29, 1.82) is 0 Å². The Morgan fingerprint density at radius 2 is 1.58 bits per heavy atom. The summed E-state index contributed by atoms with van der Waals surface area (Å²) in [7, 11) is -1.57. The zero-order valence-corrected chi connectivity index (χ0v) is 17.9. The standard InChI is InChI=1S/C18H14F6N6O2S/c1-4-33(31,32)11-5-9-14(30(3)16(27-9)18(22,23)24)28-13(11)15-26-8-6-12(17(19,20)21)25-7-10(8)29(15)2/h5-7H,4H2,1-3H3. The van der Waals surface area contributed by atoms with Gasteiger partial charge >= 0.3 is 12.4 Å². The number of aryl methyl sites for hydroxylation is 2. The fraction of sp³-hybridized carbons (Fsp3) is 0.333. The van der Waals surface area contributed by atoms with Crippen molar-refractivity contribution in [2.45, 2.75) is 24.2 Å². The van der Waals surface area contributed by atoms with E-state index in [1.54, 1.807) is 0 Å². The summed E-state index contributed by atoms with van der Waals surface area (Å²) in [5.41, 5.74) is -2.09. The van der Waals surface area contributed by atoms with Crippen LogP contribution in [-0.4, -0.2) is 43.2 Å². The van der Waals surface area contributed by atoms with Gasteiger partial charge in [-0.2, -0.15) is 26.3 Å². The van der Waals surface area contributed by atoms with Crippen molar-refractivity contribution >= 4 is 32.0 Å². The molecular weight excluding hydrogens is 478 g/mol. The number of nitrogens with zero attached hydrogens (tertiary/aromatic N) is 6. The van der Waals surface area contributed by atoms with Crippen LogP contribution >= 0.6 is 0 Å². The van der Waals surface area contributed by atoms with Crippen molar-refractivity contribution in [3.63, 3.8) is 0 Å². The van der Waals surface area contributed by atoms with Gasteiger partial charge in [0, 0.05) is 14.1 Å². The lowest BCUT2D eigenvalue weighted by atomic mass is 10.3. The molecule has 4 aromatic rings. The number of fused-ring (bicyclic) bond motifs is 2. The summed E-state index contributed by atoms with van der Waals surface area (Å²) in [4.78, 5) is 14.6. The van der Waals surface area contributed by atoms with Crippen molar-refractivity contribution in [3.05, 3.63) is 29.8 Å². The molecule has 0 aliphatic heterocycles. The SMILES string of the molecule is CCS(=O)(=O)c1cc2nc(C(F)(F)F)n(C)c2nc1-c1nc2cc(C(F)(F)F)ncc2n1C. The molecule has 4 heterocycles. The van der Waals surface area contributed by atoms with E-state index in [0.717, 1.165) is 19.3 Å². The van der Waals surface area contributed by atoms with Crippen molar-refractivity contribution in [2.75, 3.05) is 5.75 Å². The second-order valence-electron chi connectivity index (χ2n) is 7.12. The normalized spacial score (nSPS) is 13.4. The lowest BCUT2D eigenvalue weighted by molar-refractivity contribution is -0.146. The van der Waals surface area contributed by atoms with Gasteiger partial charge in [-0.15, -0.1) is 0 Å². The predicted molar refractivity (Wildman–Crippen MR) is 104 cm³/mol. The molecule has 0 N–H and O–H groups in total. The molecule has 0 aliphatic carbocycles. The van der Waals surface area contributed by atoms with E-state index in [1.165, 1.54) is 18.5 Å². The molecule has 0 saturated heterocycles. The summed E-state index contributed by atoms with van der Waals surface area (Å²) < 4.78 is 106. The Labute approximate surface area is 181 Å². The highest BCUT2D eigenvalue weighted by Gasteiger charge is 2.38. The maximum atomic E-state index is 13.3. The van der Waals surface area contributed by atoms with Gasteiger partial charge in [0.15, 0.2) is 21.3 Å². The van der Waals surface area contributed by atoms with E-state index < -0.39 is 44.4 Å². The molecule has 4 aromatic heterocycles. The molecule has 0 bridgehead atoms. The molecule has 15 heteroatoms. The largest absolute Gasteiger partial charge is 0.449 e. The molecule has 33 heavy (non-hydrogen) atoms. The first-order valence-corrected chi connectivity index (χ1v) is 10.9. The van der Waals surface area contributed by atoms with E-state index in [4.69, 9.17) is 0 Å². The number of pyridine rings is 2. The number of rotatable bonds is 3. The quantitative estimate of drug-likeness (QED) is 0.405. The van der Waals surface area contributed by atoms with Crippen LogP contribution in [0.4, 0.5) is 26.3 Å². The van der Waals surface area contributed by atoms with E-state index in [0.29, 0.717) is 10.6 Å². The second-order valence-corrected chi connectivity index (χ2v) is 9.37. The van der Waals surface area contributed by atoms with Gasteiger partial charge in [0.25, 0.3) is 0 Å². The number of imidazole rings is 2. The lowest BCUT2D eigenvalue weighted by Gasteiger charge is -2.10.